The highest BCUT2D eigenvalue weighted by atomic mass is 32.1. The lowest BCUT2D eigenvalue weighted by Crippen LogP contribution is -2.14. The number of anilines is 2. The summed E-state index contributed by atoms with van der Waals surface area (Å²) in [5.41, 5.74) is 1.67. The number of rotatable bonds is 10. The molecule has 0 saturated carbocycles. The number of pyridine rings is 2. The summed E-state index contributed by atoms with van der Waals surface area (Å²) in [5.74, 6) is -0.323. The second kappa shape index (κ2) is 11.8. The highest BCUT2D eigenvalue weighted by molar-refractivity contribution is 7.15. The molecule has 0 unspecified atom stereocenters. The summed E-state index contributed by atoms with van der Waals surface area (Å²) in [4.78, 5) is 32.2. The molecule has 0 radical (unpaired) electrons. The van der Waals surface area contributed by atoms with Crippen molar-refractivity contribution in [2.24, 2.45) is 0 Å². The average molecular weight is 493 g/mol. The predicted octanol–water partition coefficient (Wildman–Crippen LogP) is 2.88. The first-order valence-corrected chi connectivity index (χ1v) is 11.9. The van der Waals surface area contributed by atoms with Crippen molar-refractivity contribution in [1.82, 2.24) is 30.4 Å². The number of aromatic nitrogens is 6. The Morgan fingerprint density at radius 2 is 1.21 bits per heavy atom. The maximum atomic E-state index is 12.1. The van der Waals surface area contributed by atoms with Gasteiger partial charge in [0.25, 0.3) is 0 Å². The van der Waals surface area contributed by atoms with Crippen molar-refractivity contribution in [3.63, 3.8) is 0 Å². The molecule has 12 heteroatoms. The normalized spacial score (nSPS) is 10.9. The maximum Gasteiger partial charge on any atom is 0.230 e. The Labute approximate surface area is 203 Å². The van der Waals surface area contributed by atoms with E-state index in [2.05, 4.69) is 41.0 Å². The number of hydrogen-bond donors (Lipinski definition) is 2. The third-order valence-corrected chi connectivity index (χ3v) is 6.07. The van der Waals surface area contributed by atoms with Crippen molar-refractivity contribution in [3.05, 3.63) is 82.3 Å². The van der Waals surface area contributed by atoms with Crippen LogP contribution < -0.4 is 10.6 Å². The molecule has 0 aliphatic heterocycles. The van der Waals surface area contributed by atoms with Gasteiger partial charge in [-0.15, -0.1) is 20.4 Å². The van der Waals surface area contributed by atoms with Gasteiger partial charge in [0.05, 0.1) is 12.8 Å². The number of nitrogens with zero attached hydrogens (tertiary/aromatic N) is 6. The third kappa shape index (κ3) is 7.32. The monoisotopic (exact) mass is 492 g/mol. The van der Waals surface area contributed by atoms with Gasteiger partial charge in [-0.25, -0.2) is 0 Å². The molecule has 4 heterocycles. The van der Waals surface area contributed by atoms with Crippen molar-refractivity contribution >= 4 is 44.8 Å². The molecule has 2 amide bonds. The van der Waals surface area contributed by atoms with E-state index in [1.54, 1.807) is 36.9 Å². The van der Waals surface area contributed by atoms with E-state index in [0.717, 1.165) is 21.1 Å². The van der Waals surface area contributed by atoms with E-state index in [9.17, 15) is 9.59 Å². The molecule has 0 spiro atoms. The average Bonchev–Trinajstić information content (AvgIpc) is 3.47. The minimum Gasteiger partial charge on any atom is -0.300 e. The van der Waals surface area contributed by atoms with Gasteiger partial charge in [-0.3, -0.25) is 19.6 Å². The second-order valence-corrected chi connectivity index (χ2v) is 9.18. The number of hydrogen-bond acceptors (Lipinski definition) is 10. The zero-order valence-electron chi connectivity index (χ0n) is 17.9. The fourth-order valence-corrected chi connectivity index (χ4v) is 4.31. The Morgan fingerprint density at radius 1 is 0.735 bits per heavy atom. The Kier molecular flexibility index (Phi) is 8.08. The summed E-state index contributed by atoms with van der Waals surface area (Å²) in [6.45, 7) is 0. The quantitative estimate of drug-likeness (QED) is 0.323. The standard InChI is InChI=1S/C22H20N8O2S2/c31-17(11-15-5-3-9-23-13-15)25-21-29-27-19(33-21)7-1-2-8-20-28-30-22(34-20)26-18(32)12-16-6-4-10-24-14-16/h1-6,9-10,13-14H,7-8,11-12H2,(H,25,29,31)(H,26,30,32). The molecule has 0 bridgehead atoms. The van der Waals surface area contributed by atoms with Crippen LogP contribution in [0.2, 0.25) is 0 Å². The minimum atomic E-state index is -0.161. The number of allylic oxidation sites excluding steroid dienone is 2. The van der Waals surface area contributed by atoms with Gasteiger partial charge in [0, 0.05) is 37.6 Å². The summed E-state index contributed by atoms with van der Waals surface area (Å²) in [7, 11) is 0. The van der Waals surface area contributed by atoms with Crippen LogP contribution in [0.3, 0.4) is 0 Å². The smallest absolute Gasteiger partial charge is 0.230 e. The van der Waals surface area contributed by atoms with Gasteiger partial charge < -0.3 is 10.6 Å². The molecular formula is C22H20N8O2S2. The largest absolute Gasteiger partial charge is 0.300 e. The van der Waals surface area contributed by atoms with Crippen LogP contribution >= 0.6 is 22.7 Å². The summed E-state index contributed by atoms with van der Waals surface area (Å²) >= 11 is 2.66. The van der Waals surface area contributed by atoms with Crippen LogP contribution in [0.15, 0.2) is 61.2 Å². The molecule has 2 N–H and O–H groups in total. The molecule has 0 aromatic carbocycles. The van der Waals surface area contributed by atoms with Crippen LogP contribution in [0, 0.1) is 0 Å². The first-order valence-electron chi connectivity index (χ1n) is 10.3. The van der Waals surface area contributed by atoms with Gasteiger partial charge >= 0.3 is 0 Å². The molecular weight excluding hydrogens is 472 g/mol. The Hall–Kier alpha value is -3.90. The molecule has 4 aromatic rings. The topological polar surface area (TPSA) is 136 Å². The van der Waals surface area contributed by atoms with Gasteiger partial charge in [-0.2, -0.15) is 0 Å². The van der Waals surface area contributed by atoms with Gasteiger partial charge in [0.2, 0.25) is 22.1 Å². The molecule has 34 heavy (non-hydrogen) atoms. The second-order valence-electron chi connectivity index (χ2n) is 7.05. The first kappa shape index (κ1) is 23.3. The third-order valence-electron chi connectivity index (χ3n) is 4.35. The van der Waals surface area contributed by atoms with Crippen LogP contribution in [0.25, 0.3) is 0 Å². The predicted molar refractivity (Wildman–Crippen MR) is 130 cm³/mol. The summed E-state index contributed by atoms with van der Waals surface area (Å²) in [5, 5.41) is 24.3. The number of nitrogens with one attached hydrogen (secondary N) is 2. The van der Waals surface area contributed by atoms with Crippen molar-refractivity contribution < 1.29 is 9.59 Å². The van der Waals surface area contributed by atoms with E-state index in [1.165, 1.54) is 22.7 Å². The zero-order chi connectivity index (χ0) is 23.6. The van der Waals surface area contributed by atoms with Crippen LogP contribution in [0.4, 0.5) is 10.3 Å². The lowest BCUT2D eigenvalue weighted by atomic mass is 10.2. The van der Waals surface area contributed by atoms with Crippen LogP contribution in [-0.2, 0) is 35.3 Å². The van der Waals surface area contributed by atoms with Crippen LogP contribution in [0.5, 0.6) is 0 Å². The molecule has 0 fully saturated rings. The fourth-order valence-electron chi connectivity index (χ4n) is 2.84. The molecule has 10 nitrogen and oxygen atoms in total. The summed E-state index contributed by atoms with van der Waals surface area (Å²) in [6.07, 6.45) is 12.2. The van der Waals surface area contributed by atoms with Gasteiger partial charge in [-0.1, -0.05) is 47.0 Å². The van der Waals surface area contributed by atoms with E-state index in [4.69, 9.17) is 0 Å². The van der Waals surface area contributed by atoms with Crippen LogP contribution in [-0.4, -0.2) is 42.2 Å². The van der Waals surface area contributed by atoms with Crippen molar-refractivity contribution in [1.29, 1.82) is 0 Å². The molecule has 0 aliphatic carbocycles. The molecule has 172 valence electrons. The Morgan fingerprint density at radius 3 is 1.62 bits per heavy atom. The molecule has 4 aromatic heterocycles. The SMILES string of the molecule is O=C(Cc1cccnc1)Nc1nnc(CC=CCc2nnc(NC(=O)Cc3cccnc3)s2)s1. The lowest BCUT2D eigenvalue weighted by molar-refractivity contribution is -0.116. The zero-order valence-corrected chi connectivity index (χ0v) is 19.6. The van der Waals surface area contributed by atoms with Crippen molar-refractivity contribution in [2.45, 2.75) is 25.7 Å². The Bertz CT molecular complexity index is 1160. The summed E-state index contributed by atoms with van der Waals surface area (Å²) in [6, 6.07) is 7.28. The van der Waals surface area contributed by atoms with E-state index < -0.39 is 0 Å². The highest BCUT2D eigenvalue weighted by Crippen LogP contribution is 2.18. The molecule has 0 atom stereocenters. The summed E-state index contributed by atoms with van der Waals surface area (Å²) < 4.78 is 0. The van der Waals surface area contributed by atoms with E-state index in [0.29, 0.717) is 23.1 Å². The van der Waals surface area contributed by atoms with Crippen LogP contribution in [0.1, 0.15) is 21.1 Å². The fraction of sp³-hybridized carbons (Fsp3) is 0.182. The Balaban J connectivity index is 1.19. The number of carbonyl (C=O) groups excluding carboxylic acids is 2. The van der Waals surface area contributed by atoms with Crippen molar-refractivity contribution in [3.8, 4) is 0 Å². The van der Waals surface area contributed by atoms with Gasteiger partial charge in [0.1, 0.15) is 10.0 Å². The first-order chi connectivity index (χ1) is 16.6. The van der Waals surface area contributed by atoms with Crippen molar-refractivity contribution in [2.75, 3.05) is 10.6 Å². The minimum absolute atomic E-state index is 0.161. The molecule has 0 aliphatic rings. The lowest BCUT2D eigenvalue weighted by Gasteiger charge is -2.00. The number of carbonyl (C=O) groups is 2. The number of amides is 2. The van der Waals surface area contributed by atoms with E-state index >= 15 is 0 Å². The molecule has 4 rings (SSSR count). The van der Waals surface area contributed by atoms with Gasteiger partial charge in [0.15, 0.2) is 0 Å². The van der Waals surface area contributed by atoms with E-state index in [-0.39, 0.29) is 24.7 Å². The molecule has 0 saturated heterocycles. The van der Waals surface area contributed by atoms with E-state index in [1.807, 2.05) is 24.3 Å². The maximum absolute atomic E-state index is 12.1. The van der Waals surface area contributed by atoms with Gasteiger partial charge in [-0.05, 0) is 23.3 Å². The highest BCUT2D eigenvalue weighted by Gasteiger charge is 2.10.